The smallest absolute Gasteiger partial charge is 0.257 e. The molecule has 2 rings (SSSR count). The number of likely N-dealkylation sites (tertiary alicyclic amines) is 1. The van der Waals surface area contributed by atoms with Crippen LogP contribution in [-0.2, 0) is 4.74 Å². The summed E-state index contributed by atoms with van der Waals surface area (Å²) in [7, 11) is 1.64. The Morgan fingerprint density at radius 2 is 2.50 bits per heavy atom. The van der Waals surface area contributed by atoms with Gasteiger partial charge in [-0.2, -0.15) is 0 Å². The highest BCUT2D eigenvalue weighted by molar-refractivity contribution is 6.32. The van der Waals surface area contributed by atoms with E-state index < -0.39 is 5.82 Å². The van der Waals surface area contributed by atoms with Crippen LogP contribution >= 0.6 is 11.6 Å². The number of methoxy groups -OCH3 is 1. The molecule has 0 bridgehead atoms. The van der Waals surface area contributed by atoms with Crippen LogP contribution in [0.2, 0.25) is 5.15 Å². The standard InChI is InChI=1S/C12H14ClFN2O2/c1-18-7-8-2-3-16(6-8)12(17)10-4-9(14)5-15-11(10)13/h4-5,8H,2-3,6-7H2,1H3. The van der Waals surface area contributed by atoms with E-state index in [0.29, 0.717) is 25.6 Å². The molecule has 6 heteroatoms. The molecule has 1 fully saturated rings. The Hall–Kier alpha value is -1.20. The fourth-order valence-corrected chi connectivity index (χ4v) is 2.32. The van der Waals surface area contributed by atoms with Crippen molar-refractivity contribution in [3.63, 3.8) is 0 Å². The summed E-state index contributed by atoms with van der Waals surface area (Å²) >= 11 is 5.82. The quantitative estimate of drug-likeness (QED) is 0.790. The number of carbonyl (C=O) groups excluding carboxylic acids is 1. The topological polar surface area (TPSA) is 42.4 Å². The third-order valence-corrected chi connectivity index (χ3v) is 3.31. The molecule has 2 heterocycles. The second-order valence-corrected chi connectivity index (χ2v) is 4.71. The number of ether oxygens (including phenoxy) is 1. The Labute approximate surface area is 110 Å². The predicted octanol–water partition coefficient (Wildman–Crippen LogP) is 1.98. The second-order valence-electron chi connectivity index (χ2n) is 4.35. The van der Waals surface area contributed by atoms with E-state index in [1.54, 1.807) is 12.0 Å². The van der Waals surface area contributed by atoms with Crippen LogP contribution in [0, 0.1) is 11.7 Å². The largest absolute Gasteiger partial charge is 0.384 e. The average molecular weight is 273 g/mol. The number of halogens is 2. The number of hydrogen-bond acceptors (Lipinski definition) is 3. The van der Waals surface area contributed by atoms with Crippen LogP contribution in [0.3, 0.4) is 0 Å². The molecular formula is C12H14ClFN2O2. The number of rotatable bonds is 3. The lowest BCUT2D eigenvalue weighted by molar-refractivity contribution is 0.0774. The highest BCUT2D eigenvalue weighted by Gasteiger charge is 2.28. The fourth-order valence-electron chi connectivity index (χ4n) is 2.13. The van der Waals surface area contributed by atoms with Crippen LogP contribution in [0.4, 0.5) is 4.39 Å². The van der Waals surface area contributed by atoms with Crippen molar-refractivity contribution in [2.24, 2.45) is 5.92 Å². The maximum Gasteiger partial charge on any atom is 0.257 e. The van der Waals surface area contributed by atoms with Crippen LogP contribution in [0.25, 0.3) is 0 Å². The van der Waals surface area contributed by atoms with Crippen molar-refractivity contribution in [2.75, 3.05) is 26.8 Å². The van der Waals surface area contributed by atoms with Crippen molar-refractivity contribution >= 4 is 17.5 Å². The molecular weight excluding hydrogens is 259 g/mol. The Kier molecular flexibility index (Phi) is 4.14. The summed E-state index contributed by atoms with van der Waals surface area (Å²) in [6.45, 7) is 1.87. The SMILES string of the molecule is COCC1CCN(C(=O)c2cc(F)cnc2Cl)C1. The zero-order valence-corrected chi connectivity index (χ0v) is 10.8. The molecule has 1 aromatic heterocycles. The van der Waals surface area contributed by atoms with Gasteiger partial charge in [-0.25, -0.2) is 9.37 Å². The summed E-state index contributed by atoms with van der Waals surface area (Å²) < 4.78 is 18.1. The molecule has 1 aliphatic rings. The van der Waals surface area contributed by atoms with E-state index in [0.717, 1.165) is 18.7 Å². The zero-order chi connectivity index (χ0) is 13.1. The van der Waals surface area contributed by atoms with Crippen molar-refractivity contribution in [2.45, 2.75) is 6.42 Å². The van der Waals surface area contributed by atoms with E-state index in [-0.39, 0.29) is 16.6 Å². The zero-order valence-electron chi connectivity index (χ0n) is 10.0. The van der Waals surface area contributed by atoms with Gasteiger partial charge >= 0.3 is 0 Å². The molecule has 1 atom stereocenters. The molecule has 0 saturated carbocycles. The summed E-state index contributed by atoms with van der Waals surface area (Å²) in [6.07, 6.45) is 1.89. The number of pyridine rings is 1. The Balaban J connectivity index is 2.10. The number of nitrogens with zero attached hydrogens (tertiary/aromatic N) is 2. The molecule has 0 aromatic carbocycles. The number of hydrogen-bond donors (Lipinski definition) is 0. The second kappa shape index (κ2) is 5.63. The van der Waals surface area contributed by atoms with Crippen molar-refractivity contribution < 1.29 is 13.9 Å². The maximum absolute atomic E-state index is 13.1. The summed E-state index contributed by atoms with van der Waals surface area (Å²) in [5.41, 5.74) is 0.120. The number of amides is 1. The normalized spacial score (nSPS) is 19.3. The van der Waals surface area contributed by atoms with E-state index in [2.05, 4.69) is 4.98 Å². The van der Waals surface area contributed by atoms with Crippen molar-refractivity contribution in [3.05, 3.63) is 28.8 Å². The first-order valence-corrected chi connectivity index (χ1v) is 6.09. The molecule has 1 aliphatic heterocycles. The predicted molar refractivity (Wildman–Crippen MR) is 65.1 cm³/mol. The lowest BCUT2D eigenvalue weighted by Gasteiger charge is -2.16. The van der Waals surface area contributed by atoms with Gasteiger partial charge in [0.15, 0.2) is 0 Å². The minimum atomic E-state index is -0.560. The molecule has 4 nitrogen and oxygen atoms in total. The van der Waals surface area contributed by atoms with Gasteiger partial charge in [-0.15, -0.1) is 0 Å². The third-order valence-electron chi connectivity index (χ3n) is 3.01. The van der Waals surface area contributed by atoms with E-state index in [9.17, 15) is 9.18 Å². The van der Waals surface area contributed by atoms with Gasteiger partial charge in [0.2, 0.25) is 0 Å². The first kappa shape index (κ1) is 13.2. The van der Waals surface area contributed by atoms with Gasteiger partial charge < -0.3 is 9.64 Å². The minimum absolute atomic E-state index is 0.0385. The fraction of sp³-hybridized carbons (Fsp3) is 0.500. The lowest BCUT2D eigenvalue weighted by atomic mass is 10.1. The van der Waals surface area contributed by atoms with Crippen molar-refractivity contribution in [1.29, 1.82) is 0 Å². The van der Waals surface area contributed by atoms with Gasteiger partial charge in [-0.3, -0.25) is 4.79 Å². The molecule has 0 spiro atoms. The Morgan fingerprint density at radius 3 is 3.22 bits per heavy atom. The van der Waals surface area contributed by atoms with Gasteiger partial charge in [0.05, 0.1) is 18.4 Å². The summed E-state index contributed by atoms with van der Waals surface area (Å²) in [6, 6.07) is 1.13. The van der Waals surface area contributed by atoms with Crippen LogP contribution in [0.15, 0.2) is 12.3 Å². The minimum Gasteiger partial charge on any atom is -0.384 e. The van der Waals surface area contributed by atoms with E-state index >= 15 is 0 Å². The highest BCUT2D eigenvalue weighted by atomic mass is 35.5. The van der Waals surface area contributed by atoms with Gasteiger partial charge in [-0.1, -0.05) is 11.6 Å². The van der Waals surface area contributed by atoms with E-state index in [1.165, 1.54) is 0 Å². The van der Waals surface area contributed by atoms with E-state index in [1.807, 2.05) is 0 Å². The Morgan fingerprint density at radius 1 is 1.72 bits per heavy atom. The molecule has 1 amide bonds. The van der Waals surface area contributed by atoms with E-state index in [4.69, 9.17) is 16.3 Å². The molecule has 18 heavy (non-hydrogen) atoms. The van der Waals surface area contributed by atoms with Crippen molar-refractivity contribution in [1.82, 2.24) is 9.88 Å². The van der Waals surface area contributed by atoms with Gasteiger partial charge in [0.1, 0.15) is 11.0 Å². The summed E-state index contributed by atoms with van der Waals surface area (Å²) in [4.78, 5) is 17.5. The first-order chi connectivity index (χ1) is 8.61. The molecule has 1 aromatic rings. The molecule has 0 N–H and O–H groups in total. The van der Waals surface area contributed by atoms with Gasteiger partial charge in [-0.05, 0) is 12.5 Å². The average Bonchev–Trinajstić information content (AvgIpc) is 2.80. The van der Waals surface area contributed by atoms with Gasteiger partial charge in [0, 0.05) is 26.1 Å². The van der Waals surface area contributed by atoms with Crippen LogP contribution in [-0.4, -0.2) is 42.6 Å². The molecule has 1 unspecified atom stereocenters. The van der Waals surface area contributed by atoms with Gasteiger partial charge in [0.25, 0.3) is 5.91 Å². The number of aromatic nitrogens is 1. The molecule has 1 saturated heterocycles. The Bertz CT molecular complexity index is 456. The summed E-state index contributed by atoms with van der Waals surface area (Å²) in [5, 5.41) is 0.0385. The van der Waals surface area contributed by atoms with Crippen molar-refractivity contribution in [3.8, 4) is 0 Å². The van der Waals surface area contributed by atoms with Crippen LogP contribution in [0.5, 0.6) is 0 Å². The monoisotopic (exact) mass is 272 g/mol. The van der Waals surface area contributed by atoms with Crippen LogP contribution in [0.1, 0.15) is 16.8 Å². The molecule has 98 valence electrons. The lowest BCUT2D eigenvalue weighted by Crippen LogP contribution is -2.29. The molecule has 0 radical (unpaired) electrons. The van der Waals surface area contributed by atoms with Crippen LogP contribution < -0.4 is 0 Å². The third kappa shape index (κ3) is 2.79. The maximum atomic E-state index is 13.1. The number of carbonyl (C=O) groups is 1. The summed E-state index contributed by atoms with van der Waals surface area (Å²) in [5.74, 6) is -0.500. The molecule has 0 aliphatic carbocycles. The highest BCUT2D eigenvalue weighted by Crippen LogP contribution is 2.22. The first-order valence-electron chi connectivity index (χ1n) is 5.71.